The number of benzene rings is 1. The molecule has 0 spiro atoms. The number of aromatic nitrogens is 4. The van der Waals surface area contributed by atoms with Crippen LogP contribution < -0.4 is 5.32 Å². The number of pyridine rings is 1. The van der Waals surface area contributed by atoms with Crippen molar-refractivity contribution in [3.8, 4) is 11.8 Å². The van der Waals surface area contributed by atoms with Crippen molar-refractivity contribution < 1.29 is 4.79 Å². The van der Waals surface area contributed by atoms with Crippen molar-refractivity contribution in [3.05, 3.63) is 65.6 Å². The van der Waals surface area contributed by atoms with Crippen LogP contribution in [0.5, 0.6) is 0 Å². The van der Waals surface area contributed by atoms with Crippen LogP contribution in [0.1, 0.15) is 41.4 Å². The molecule has 3 aromatic rings. The van der Waals surface area contributed by atoms with E-state index < -0.39 is 0 Å². The van der Waals surface area contributed by atoms with Gasteiger partial charge in [-0.15, -0.1) is 0 Å². The van der Waals surface area contributed by atoms with Gasteiger partial charge in [0.1, 0.15) is 17.6 Å². The second-order valence-corrected chi connectivity index (χ2v) is 7.93. The fraction of sp³-hybridized carbons (Fsp3) is 0.348. The Kier molecular flexibility index (Phi) is 5.94. The number of carbonyl (C=O) groups is 1. The molecule has 1 saturated heterocycles. The molecule has 3 heterocycles. The smallest absolute Gasteiger partial charge is 0.256 e. The van der Waals surface area contributed by atoms with Gasteiger partial charge in [0, 0.05) is 13.1 Å². The lowest BCUT2D eigenvalue weighted by atomic mass is 9.89. The minimum absolute atomic E-state index is 0.00716. The monoisotopic (exact) mass is 415 g/mol. The molecule has 1 N–H and O–H groups in total. The van der Waals surface area contributed by atoms with Crippen molar-refractivity contribution in [2.45, 2.75) is 32.7 Å². The van der Waals surface area contributed by atoms with Crippen LogP contribution in [0.25, 0.3) is 5.69 Å². The van der Waals surface area contributed by atoms with E-state index in [1.54, 1.807) is 24.5 Å². The van der Waals surface area contributed by atoms with E-state index in [2.05, 4.69) is 33.5 Å². The van der Waals surface area contributed by atoms with E-state index in [0.717, 1.165) is 18.4 Å². The Balaban J connectivity index is 1.60. The van der Waals surface area contributed by atoms with Gasteiger partial charge in [0.25, 0.3) is 5.91 Å². The normalized spacial score (nSPS) is 18.4. The number of anilines is 1. The first-order chi connectivity index (χ1) is 15.1. The van der Waals surface area contributed by atoms with Crippen LogP contribution in [0.4, 0.5) is 5.82 Å². The first-order valence-electron chi connectivity index (χ1n) is 10.5. The topological polar surface area (TPSA) is 99.7 Å². The van der Waals surface area contributed by atoms with E-state index >= 15 is 0 Å². The Morgan fingerprint density at radius 1 is 1.26 bits per heavy atom. The molecule has 1 amide bonds. The molecule has 1 aliphatic rings. The van der Waals surface area contributed by atoms with E-state index in [1.165, 1.54) is 4.80 Å². The minimum Gasteiger partial charge on any atom is -0.368 e. The van der Waals surface area contributed by atoms with Gasteiger partial charge in [0.05, 0.1) is 29.7 Å². The largest absolute Gasteiger partial charge is 0.368 e. The summed E-state index contributed by atoms with van der Waals surface area (Å²) in [5.41, 5.74) is 2.65. The molecular formula is C23H25N7O. The number of aryl methyl sites for hydroxylation is 1. The summed E-state index contributed by atoms with van der Waals surface area (Å²) in [5, 5.41) is 20.8. The molecule has 0 saturated carbocycles. The Labute approximate surface area is 181 Å². The first-order valence-corrected chi connectivity index (χ1v) is 10.5. The van der Waals surface area contributed by atoms with Gasteiger partial charge < -0.3 is 10.2 Å². The molecule has 8 nitrogen and oxygen atoms in total. The molecule has 1 fully saturated rings. The van der Waals surface area contributed by atoms with Crippen LogP contribution in [-0.4, -0.2) is 49.9 Å². The number of nitrogens with zero attached hydrogens (tertiary/aromatic N) is 6. The highest BCUT2D eigenvalue weighted by Crippen LogP contribution is 2.27. The van der Waals surface area contributed by atoms with Gasteiger partial charge in [-0.05, 0) is 49.9 Å². The quantitative estimate of drug-likeness (QED) is 0.687. The van der Waals surface area contributed by atoms with Gasteiger partial charge in [0.15, 0.2) is 0 Å². The summed E-state index contributed by atoms with van der Waals surface area (Å²) < 4.78 is 0. The van der Waals surface area contributed by atoms with E-state index in [9.17, 15) is 4.79 Å². The van der Waals surface area contributed by atoms with Gasteiger partial charge >= 0.3 is 0 Å². The number of rotatable bonds is 5. The van der Waals surface area contributed by atoms with E-state index in [0.29, 0.717) is 41.8 Å². The number of hydrogen-bond acceptors (Lipinski definition) is 6. The Bertz CT molecular complexity index is 1100. The Hall–Kier alpha value is -3.73. The summed E-state index contributed by atoms with van der Waals surface area (Å²) in [5.74, 6) is 0.953. The number of piperidine rings is 1. The van der Waals surface area contributed by atoms with Crippen LogP contribution in [0.15, 0.2) is 48.8 Å². The zero-order chi connectivity index (χ0) is 21.8. The zero-order valence-electron chi connectivity index (χ0n) is 17.7. The maximum atomic E-state index is 13.7. The summed E-state index contributed by atoms with van der Waals surface area (Å²) in [7, 11) is 0. The SMILES string of the molecule is Cc1ccc(-n2nccn2)c(C(=O)N2CCC[C@@H](C)[C@H]2CNc2cccc(C#N)n2)c1. The van der Waals surface area contributed by atoms with Gasteiger partial charge in [-0.1, -0.05) is 24.6 Å². The number of hydrogen-bond donors (Lipinski definition) is 1. The van der Waals surface area contributed by atoms with Gasteiger partial charge in [0.2, 0.25) is 0 Å². The summed E-state index contributed by atoms with van der Waals surface area (Å²) in [6.07, 6.45) is 5.23. The molecule has 1 aliphatic heterocycles. The molecule has 0 unspecified atom stereocenters. The maximum absolute atomic E-state index is 13.7. The second-order valence-electron chi connectivity index (χ2n) is 7.93. The van der Waals surface area contributed by atoms with E-state index in [-0.39, 0.29) is 11.9 Å². The molecule has 31 heavy (non-hydrogen) atoms. The molecule has 0 radical (unpaired) electrons. The van der Waals surface area contributed by atoms with Gasteiger partial charge in [-0.3, -0.25) is 4.79 Å². The van der Waals surface area contributed by atoms with Crippen molar-refractivity contribution in [1.82, 2.24) is 24.9 Å². The van der Waals surface area contributed by atoms with Crippen molar-refractivity contribution in [1.29, 1.82) is 5.26 Å². The predicted octanol–water partition coefficient (Wildman–Crippen LogP) is 3.20. The number of nitriles is 1. The van der Waals surface area contributed by atoms with Crippen LogP contribution in [-0.2, 0) is 0 Å². The maximum Gasteiger partial charge on any atom is 0.256 e. The van der Waals surface area contributed by atoms with Gasteiger partial charge in [-0.25, -0.2) is 4.98 Å². The molecule has 158 valence electrons. The lowest BCUT2D eigenvalue weighted by molar-refractivity contribution is 0.0539. The molecule has 4 rings (SSSR count). The van der Waals surface area contributed by atoms with Crippen molar-refractivity contribution in [3.63, 3.8) is 0 Å². The average molecular weight is 416 g/mol. The lowest BCUT2D eigenvalue weighted by Crippen LogP contribution is -2.51. The predicted molar refractivity (Wildman–Crippen MR) is 117 cm³/mol. The van der Waals surface area contributed by atoms with Crippen LogP contribution in [0, 0.1) is 24.2 Å². The minimum atomic E-state index is -0.0203. The number of amides is 1. The van der Waals surface area contributed by atoms with E-state index in [4.69, 9.17) is 5.26 Å². The highest BCUT2D eigenvalue weighted by molar-refractivity contribution is 5.98. The van der Waals surface area contributed by atoms with Crippen molar-refractivity contribution in [2.24, 2.45) is 5.92 Å². The van der Waals surface area contributed by atoms with E-state index in [1.807, 2.05) is 36.1 Å². The Morgan fingerprint density at radius 2 is 2.06 bits per heavy atom. The number of nitrogens with one attached hydrogen (secondary N) is 1. The summed E-state index contributed by atoms with van der Waals surface area (Å²) in [4.78, 5) is 21.4. The van der Waals surface area contributed by atoms with Crippen molar-refractivity contribution >= 4 is 11.7 Å². The molecule has 8 heteroatoms. The average Bonchev–Trinajstić information content (AvgIpc) is 3.32. The first kappa shape index (κ1) is 20.5. The summed E-state index contributed by atoms with van der Waals surface area (Å²) >= 11 is 0. The zero-order valence-corrected chi connectivity index (χ0v) is 17.7. The molecule has 0 bridgehead atoms. The Morgan fingerprint density at radius 3 is 2.84 bits per heavy atom. The highest BCUT2D eigenvalue weighted by Gasteiger charge is 2.33. The highest BCUT2D eigenvalue weighted by atomic mass is 16.2. The number of likely N-dealkylation sites (tertiary alicyclic amines) is 1. The molecule has 0 aliphatic carbocycles. The molecule has 2 aromatic heterocycles. The summed E-state index contributed by atoms with van der Waals surface area (Å²) in [6, 6.07) is 13.1. The molecule has 1 aromatic carbocycles. The number of carbonyl (C=O) groups excluding carboxylic acids is 1. The van der Waals surface area contributed by atoms with Crippen LogP contribution >= 0.6 is 0 Å². The second kappa shape index (κ2) is 8.96. The third-order valence-corrected chi connectivity index (χ3v) is 5.75. The third-order valence-electron chi connectivity index (χ3n) is 5.75. The van der Waals surface area contributed by atoms with Crippen molar-refractivity contribution in [2.75, 3.05) is 18.4 Å². The summed E-state index contributed by atoms with van der Waals surface area (Å²) in [6.45, 7) is 5.41. The molecule has 2 atom stereocenters. The van der Waals surface area contributed by atoms with Crippen LogP contribution in [0.3, 0.4) is 0 Å². The third kappa shape index (κ3) is 4.40. The fourth-order valence-electron chi connectivity index (χ4n) is 4.11. The van der Waals surface area contributed by atoms with Crippen LogP contribution in [0.2, 0.25) is 0 Å². The molecular weight excluding hydrogens is 390 g/mol. The lowest BCUT2D eigenvalue weighted by Gasteiger charge is -2.40. The van der Waals surface area contributed by atoms with Gasteiger partial charge in [-0.2, -0.15) is 20.3 Å². The fourth-order valence-corrected chi connectivity index (χ4v) is 4.11. The standard InChI is InChI=1S/C23H25N7O/c1-16-8-9-20(30-26-10-11-27-30)19(13-16)23(31)29-12-4-5-17(2)21(29)15-25-22-7-3-6-18(14-24)28-22/h3,6-11,13,17,21H,4-5,12,15H2,1-2H3,(H,25,28)/t17-,21-/m1/s1.